The first kappa shape index (κ1) is 12.9. The first-order chi connectivity index (χ1) is 9.06. The van der Waals surface area contributed by atoms with Crippen molar-refractivity contribution >= 4 is 29.1 Å². The van der Waals surface area contributed by atoms with Gasteiger partial charge < -0.3 is 15.4 Å². The summed E-state index contributed by atoms with van der Waals surface area (Å²) >= 11 is 5.77. The van der Waals surface area contributed by atoms with Gasteiger partial charge in [-0.05, 0) is 17.1 Å². The lowest BCUT2D eigenvalue weighted by Crippen LogP contribution is -2.19. The monoisotopic (exact) mass is 282 g/mol. The number of halogens is 1. The summed E-state index contributed by atoms with van der Waals surface area (Å²) in [4.78, 5) is 28.5. The number of carbonyl (C=O) groups excluding carboxylic acids is 1. The van der Waals surface area contributed by atoms with Gasteiger partial charge in [0.15, 0.2) is 5.15 Å². The Balaban J connectivity index is 2.01. The van der Waals surface area contributed by atoms with Gasteiger partial charge in [0.2, 0.25) is 12.2 Å². The summed E-state index contributed by atoms with van der Waals surface area (Å²) in [5.74, 6) is -1.01. The number of aromatic nitrogens is 4. The largest absolute Gasteiger partial charge is 0.490 e. The van der Waals surface area contributed by atoms with Gasteiger partial charge >= 0.3 is 5.95 Å². The second-order valence-electron chi connectivity index (χ2n) is 3.39. The van der Waals surface area contributed by atoms with E-state index in [-0.39, 0.29) is 11.7 Å². The highest BCUT2D eigenvalue weighted by Crippen LogP contribution is 2.17. The van der Waals surface area contributed by atoms with Crippen LogP contribution >= 0.6 is 11.6 Å². The van der Waals surface area contributed by atoms with Crippen molar-refractivity contribution in [1.82, 2.24) is 19.7 Å². The molecule has 1 amide bonds. The van der Waals surface area contributed by atoms with Crippen LogP contribution < -0.4 is 5.32 Å². The van der Waals surface area contributed by atoms with Gasteiger partial charge in [-0.3, -0.25) is 4.79 Å². The van der Waals surface area contributed by atoms with E-state index in [2.05, 4.69) is 20.4 Å². The number of nitrogens with zero attached hydrogens (tertiary/aromatic N) is 5. The van der Waals surface area contributed by atoms with Crippen LogP contribution in [0.2, 0.25) is 5.15 Å². The van der Waals surface area contributed by atoms with Crippen molar-refractivity contribution in [2.75, 3.05) is 5.32 Å². The molecule has 0 fully saturated rings. The van der Waals surface area contributed by atoms with Crippen LogP contribution in [0.4, 0.5) is 11.6 Å². The lowest BCUT2D eigenvalue weighted by atomic mass is 10.4. The SMILES string of the molecule is O=C(Cn1cnc([N+](=O)[O-])n1)Nc1cccnc1Cl. The molecule has 0 aromatic carbocycles. The zero-order valence-corrected chi connectivity index (χ0v) is 10.1. The fraction of sp³-hybridized carbons (Fsp3) is 0.111. The van der Waals surface area contributed by atoms with Crippen molar-refractivity contribution in [3.63, 3.8) is 0 Å². The Morgan fingerprint density at radius 2 is 2.32 bits per heavy atom. The molecule has 2 aromatic heterocycles. The molecule has 0 bridgehead atoms. The number of rotatable bonds is 4. The molecule has 2 rings (SSSR count). The van der Waals surface area contributed by atoms with E-state index in [0.29, 0.717) is 5.69 Å². The second kappa shape index (κ2) is 5.40. The third kappa shape index (κ3) is 3.22. The number of hydrogen-bond acceptors (Lipinski definition) is 6. The maximum atomic E-state index is 11.7. The topological polar surface area (TPSA) is 116 Å². The van der Waals surface area contributed by atoms with Gasteiger partial charge in [-0.15, -0.1) is 0 Å². The van der Waals surface area contributed by atoms with E-state index in [4.69, 9.17) is 11.6 Å². The predicted octanol–water partition coefficient (Wildman–Crippen LogP) is 0.873. The van der Waals surface area contributed by atoms with E-state index < -0.39 is 16.8 Å². The summed E-state index contributed by atoms with van der Waals surface area (Å²) in [6, 6.07) is 3.19. The lowest BCUT2D eigenvalue weighted by Gasteiger charge is -2.04. The third-order valence-corrected chi connectivity index (χ3v) is 2.33. The smallest absolute Gasteiger partial charge is 0.390 e. The number of anilines is 1. The van der Waals surface area contributed by atoms with Gasteiger partial charge in [-0.1, -0.05) is 16.6 Å². The average molecular weight is 283 g/mol. The van der Waals surface area contributed by atoms with Crippen molar-refractivity contribution in [3.8, 4) is 0 Å². The molecule has 0 aliphatic carbocycles. The fourth-order valence-corrected chi connectivity index (χ4v) is 1.43. The minimum absolute atomic E-state index is 0.153. The van der Waals surface area contributed by atoms with E-state index in [9.17, 15) is 14.9 Å². The van der Waals surface area contributed by atoms with Gasteiger partial charge in [-0.2, -0.15) is 4.68 Å². The number of pyridine rings is 1. The molecule has 0 unspecified atom stereocenters. The highest BCUT2D eigenvalue weighted by molar-refractivity contribution is 6.32. The maximum Gasteiger partial charge on any atom is 0.490 e. The summed E-state index contributed by atoms with van der Waals surface area (Å²) in [5.41, 5.74) is 0.351. The molecule has 0 saturated heterocycles. The number of hydrogen-bond donors (Lipinski definition) is 1. The van der Waals surface area contributed by atoms with Crippen molar-refractivity contribution < 1.29 is 9.72 Å². The Hall–Kier alpha value is -2.55. The summed E-state index contributed by atoms with van der Waals surface area (Å²) in [7, 11) is 0. The number of nitrogens with one attached hydrogen (secondary N) is 1. The predicted molar refractivity (Wildman–Crippen MR) is 64.6 cm³/mol. The minimum Gasteiger partial charge on any atom is -0.390 e. The molecule has 19 heavy (non-hydrogen) atoms. The standard InChI is InChI=1S/C9H7ClN6O3/c10-8-6(2-1-3-11-8)13-7(17)4-15-5-12-9(14-15)16(18)19/h1-3,5H,4H2,(H,13,17). The van der Waals surface area contributed by atoms with E-state index in [1.165, 1.54) is 6.20 Å². The molecule has 10 heteroatoms. The van der Waals surface area contributed by atoms with E-state index in [1.54, 1.807) is 12.1 Å². The normalized spacial score (nSPS) is 10.2. The van der Waals surface area contributed by atoms with Gasteiger partial charge in [-0.25, -0.2) is 4.98 Å². The Labute approximate surface area is 111 Å². The van der Waals surface area contributed by atoms with Crippen LogP contribution in [0, 0.1) is 10.1 Å². The molecular formula is C9H7ClN6O3. The highest BCUT2D eigenvalue weighted by atomic mass is 35.5. The average Bonchev–Trinajstić information content (AvgIpc) is 2.80. The van der Waals surface area contributed by atoms with Crippen LogP contribution in [0.5, 0.6) is 0 Å². The Kier molecular flexibility index (Phi) is 3.66. The summed E-state index contributed by atoms with van der Waals surface area (Å²) < 4.78 is 1.05. The molecule has 0 aliphatic heterocycles. The summed E-state index contributed by atoms with van der Waals surface area (Å²) in [6.07, 6.45) is 2.58. The van der Waals surface area contributed by atoms with E-state index >= 15 is 0 Å². The number of nitro groups is 1. The Morgan fingerprint density at radius 3 is 2.95 bits per heavy atom. The zero-order chi connectivity index (χ0) is 13.8. The van der Waals surface area contributed by atoms with Crippen molar-refractivity contribution in [1.29, 1.82) is 0 Å². The first-order valence-corrected chi connectivity index (χ1v) is 5.38. The maximum absolute atomic E-state index is 11.7. The summed E-state index contributed by atoms with van der Waals surface area (Å²) in [6.45, 7) is -0.216. The van der Waals surface area contributed by atoms with Crippen LogP contribution in [-0.2, 0) is 11.3 Å². The van der Waals surface area contributed by atoms with Crippen LogP contribution in [0.1, 0.15) is 0 Å². The van der Waals surface area contributed by atoms with Crippen LogP contribution in [0.25, 0.3) is 0 Å². The fourth-order valence-electron chi connectivity index (χ4n) is 1.26. The van der Waals surface area contributed by atoms with Crippen molar-refractivity contribution in [2.24, 2.45) is 0 Å². The molecular weight excluding hydrogens is 276 g/mol. The van der Waals surface area contributed by atoms with Crippen molar-refractivity contribution in [3.05, 3.63) is 39.9 Å². The number of carbonyl (C=O) groups is 1. The van der Waals surface area contributed by atoms with Gasteiger partial charge in [0, 0.05) is 11.3 Å². The first-order valence-electron chi connectivity index (χ1n) is 5.00. The van der Waals surface area contributed by atoms with Crippen molar-refractivity contribution in [2.45, 2.75) is 6.54 Å². The van der Waals surface area contributed by atoms with Crippen LogP contribution in [0.3, 0.4) is 0 Å². The second-order valence-corrected chi connectivity index (χ2v) is 3.75. The number of amides is 1. The molecule has 0 saturated carbocycles. The molecule has 98 valence electrons. The van der Waals surface area contributed by atoms with Crippen LogP contribution in [-0.4, -0.2) is 30.6 Å². The minimum atomic E-state index is -0.744. The molecule has 0 atom stereocenters. The quantitative estimate of drug-likeness (QED) is 0.505. The zero-order valence-electron chi connectivity index (χ0n) is 9.36. The van der Waals surface area contributed by atoms with Gasteiger partial charge in [0.1, 0.15) is 6.54 Å². The van der Waals surface area contributed by atoms with Gasteiger partial charge in [0.05, 0.1) is 5.69 Å². The molecule has 0 aliphatic rings. The molecule has 1 N–H and O–H groups in total. The Bertz CT molecular complexity index is 628. The van der Waals surface area contributed by atoms with E-state index in [0.717, 1.165) is 11.0 Å². The Morgan fingerprint density at radius 1 is 1.53 bits per heavy atom. The van der Waals surface area contributed by atoms with Gasteiger partial charge in [0.25, 0.3) is 0 Å². The van der Waals surface area contributed by atoms with E-state index in [1.807, 2.05) is 0 Å². The molecule has 0 spiro atoms. The molecule has 0 radical (unpaired) electrons. The summed E-state index contributed by atoms with van der Waals surface area (Å²) in [5, 5.41) is 16.5. The lowest BCUT2D eigenvalue weighted by molar-refractivity contribution is -0.394. The highest BCUT2D eigenvalue weighted by Gasteiger charge is 2.15. The van der Waals surface area contributed by atoms with Crippen LogP contribution in [0.15, 0.2) is 24.7 Å². The molecule has 9 nitrogen and oxygen atoms in total. The molecule has 2 aromatic rings. The third-order valence-electron chi connectivity index (χ3n) is 2.03. The molecule has 2 heterocycles.